The Hall–Kier alpha value is -4.19. The Balaban J connectivity index is 1.18. The molecule has 5 rings (SSSR count). The van der Waals surface area contributed by atoms with E-state index in [9.17, 15) is 19.8 Å². The Morgan fingerprint density at radius 2 is 1.80 bits per heavy atom. The summed E-state index contributed by atoms with van der Waals surface area (Å²) < 4.78 is 21.9. The third-order valence-corrected chi connectivity index (χ3v) is 7.96. The minimum Gasteiger partial charge on any atom is -0.508 e. The van der Waals surface area contributed by atoms with Gasteiger partial charge in [-0.25, -0.2) is 18.9 Å². The lowest BCUT2D eigenvalue weighted by Gasteiger charge is -2.34. The van der Waals surface area contributed by atoms with Crippen LogP contribution in [0.2, 0.25) is 5.02 Å². The molecule has 0 amide bonds. The highest BCUT2D eigenvalue weighted by Crippen LogP contribution is 2.37. The molecule has 0 spiro atoms. The minimum atomic E-state index is -0.593. The summed E-state index contributed by atoms with van der Waals surface area (Å²) in [6.45, 7) is 7.23. The number of H-pyrrole nitrogens is 1. The summed E-state index contributed by atoms with van der Waals surface area (Å²) in [6, 6.07) is 14.8. The number of piperazine rings is 1. The number of phenols is 2. The number of esters is 1. The summed E-state index contributed by atoms with van der Waals surface area (Å²) >= 11 is 6.00. The lowest BCUT2D eigenvalue weighted by Crippen LogP contribution is -2.47. The Morgan fingerprint density at radius 3 is 2.50 bits per heavy atom. The number of carbonyl (C=O) groups excluding carboxylic acids is 1. The molecule has 4 aromatic rings. The highest BCUT2D eigenvalue weighted by Gasteiger charge is 2.23. The molecule has 3 aromatic carbocycles. The molecule has 0 aliphatic carbocycles. The topological polar surface area (TPSA) is 124 Å². The highest BCUT2D eigenvalue weighted by molar-refractivity contribution is 6.30. The third kappa shape index (κ3) is 7.29. The highest BCUT2D eigenvalue weighted by atomic mass is 35.5. The van der Waals surface area contributed by atoms with Crippen LogP contribution in [0.5, 0.6) is 11.5 Å². The van der Waals surface area contributed by atoms with E-state index in [2.05, 4.69) is 15.1 Å². The molecule has 0 atom stereocenters. The number of phenolic OH excluding ortho intramolecular Hbond substituents is 2. The number of hydrogen-bond acceptors (Lipinski definition) is 8. The second-order valence-electron chi connectivity index (χ2n) is 11.2. The summed E-state index contributed by atoms with van der Waals surface area (Å²) in [6.07, 6.45) is 0.597. The molecule has 1 aliphatic rings. The number of ether oxygens (including phenoxy) is 1. The summed E-state index contributed by atoms with van der Waals surface area (Å²) in [5.41, 5.74) is 1.94. The molecule has 1 saturated heterocycles. The summed E-state index contributed by atoms with van der Waals surface area (Å²) in [7, 11) is 0. The maximum absolute atomic E-state index is 15.3. The minimum absolute atomic E-state index is 0.0497. The van der Waals surface area contributed by atoms with Crippen molar-refractivity contribution in [2.75, 3.05) is 39.3 Å². The number of rotatable bonds is 10. The molecule has 0 radical (unpaired) electrons. The number of aromatic hydroxyl groups is 2. The van der Waals surface area contributed by atoms with Gasteiger partial charge >= 0.3 is 11.7 Å². The van der Waals surface area contributed by atoms with Gasteiger partial charge in [0.1, 0.15) is 17.3 Å². The molecule has 232 valence electrons. The van der Waals surface area contributed by atoms with E-state index in [1.54, 1.807) is 24.3 Å². The van der Waals surface area contributed by atoms with E-state index >= 15 is 4.39 Å². The third-order valence-electron chi connectivity index (χ3n) is 7.73. The first-order valence-corrected chi connectivity index (χ1v) is 14.8. The van der Waals surface area contributed by atoms with Gasteiger partial charge < -0.3 is 14.9 Å². The van der Waals surface area contributed by atoms with Crippen LogP contribution >= 0.6 is 11.6 Å². The molecule has 0 saturated carbocycles. The maximum atomic E-state index is 15.3. The fraction of sp³-hybridized carbons (Fsp3) is 0.344. The van der Waals surface area contributed by atoms with Crippen molar-refractivity contribution >= 4 is 17.6 Å². The van der Waals surface area contributed by atoms with E-state index in [1.165, 1.54) is 16.7 Å². The van der Waals surface area contributed by atoms with Crippen molar-refractivity contribution < 1.29 is 24.1 Å². The number of aromatic nitrogens is 3. The van der Waals surface area contributed by atoms with E-state index in [1.807, 2.05) is 36.9 Å². The molecule has 2 heterocycles. The van der Waals surface area contributed by atoms with Gasteiger partial charge in [-0.3, -0.25) is 14.6 Å². The summed E-state index contributed by atoms with van der Waals surface area (Å²) in [4.78, 5) is 29.2. The molecule has 12 heteroatoms. The fourth-order valence-corrected chi connectivity index (χ4v) is 5.52. The lowest BCUT2D eigenvalue weighted by atomic mass is 9.98. The molecular formula is C32H35ClFN5O5. The predicted molar refractivity (Wildman–Crippen MR) is 165 cm³/mol. The lowest BCUT2D eigenvalue weighted by molar-refractivity contribution is -0.145. The molecule has 1 fully saturated rings. The second kappa shape index (κ2) is 13.6. The molecular weight excluding hydrogens is 589 g/mol. The number of hydrogen-bond donors (Lipinski definition) is 3. The Morgan fingerprint density at radius 1 is 1.05 bits per heavy atom. The molecule has 10 nitrogen and oxygen atoms in total. The summed E-state index contributed by atoms with van der Waals surface area (Å²) in [5.74, 6) is -1.03. The van der Waals surface area contributed by atoms with Gasteiger partial charge in [0.25, 0.3) is 0 Å². The zero-order valence-corrected chi connectivity index (χ0v) is 25.4. The Bertz CT molecular complexity index is 1700. The van der Waals surface area contributed by atoms with Crippen molar-refractivity contribution in [3.8, 4) is 28.6 Å². The first-order valence-electron chi connectivity index (χ1n) is 14.5. The van der Waals surface area contributed by atoms with Crippen LogP contribution < -0.4 is 5.69 Å². The molecule has 0 bridgehead atoms. The van der Waals surface area contributed by atoms with E-state index in [-0.39, 0.29) is 53.6 Å². The normalized spacial score (nSPS) is 14.3. The molecule has 1 aromatic heterocycles. The van der Waals surface area contributed by atoms with Gasteiger partial charge in [0.2, 0.25) is 0 Å². The van der Waals surface area contributed by atoms with E-state index < -0.39 is 11.5 Å². The SMILES string of the molecule is CC(C)c1cc(-c2n[nH]c(=O)n2-c2ccc(CN3CCN(CC(=O)OCCc4cccc(Cl)c4)CC3)c(F)c2)c(O)cc1O. The van der Waals surface area contributed by atoms with Crippen molar-refractivity contribution in [1.29, 1.82) is 0 Å². The van der Waals surface area contributed by atoms with Gasteiger partial charge in [-0.15, -0.1) is 0 Å². The zero-order chi connectivity index (χ0) is 31.4. The van der Waals surface area contributed by atoms with Crippen LogP contribution in [0.15, 0.2) is 59.4 Å². The van der Waals surface area contributed by atoms with Gasteiger partial charge in [0.15, 0.2) is 5.82 Å². The quantitative estimate of drug-likeness (QED) is 0.221. The van der Waals surface area contributed by atoms with Gasteiger partial charge in [-0.2, -0.15) is 5.10 Å². The van der Waals surface area contributed by atoms with Crippen LogP contribution in [0.4, 0.5) is 4.39 Å². The monoisotopic (exact) mass is 623 g/mol. The van der Waals surface area contributed by atoms with Gasteiger partial charge in [-0.1, -0.05) is 43.6 Å². The number of nitrogens with zero attached hydrogens (tertiary/aromatic N) is 4. The maximum Gasteiger partial charge on any atom is 0.348 e. The van der Waals surface area contributed by atoms with E-state index in [0.717, 1.165) is 5.56 Å². The number of nitrogens with one attached hydrogen (secondary N) is 1. The molecule has 44 heavy (non-hydrogen) atoms. The van der Waals surface area contributed by atoms with Gasteiger partial charge in [0.05, 0.1) is 24.4 Å². The average Bonchev–Trinajstić information content (AvgIpc) is 3.36. The van der Waals surface area contributed by atoms with Crippen LogP contribution in [0.25, 0.3) is 17.1 Å². The Kier molecular flexibility index (Phi) is 9.68. The van der Waals surface area contributed by atoms with Crippen molar-refractivity contribution in [3.05, 3.63) is 92.6 Å². The average molecular weight is 624 g/mol. The second-order valence-corrected chi connectivity index (χ2v) is 11.6. The first kappa shape index (κ1) is 31.2. The molecule has 0 unspecified atom stereocenters. The zero-order valence-electron chi connectivity index (χ0n) is 24.6. The van der Waals surface area contributed by atoms with Crippen LogP contribution in [0.1, 0.15) is 36.5 Å². The smallest absolute Gasteiger partial charge is 0.348 e. The van der Waals surface area contributed by atoms with Crippen molar-refractivity contribution in [3.63, 3.8) is 0 Å². The predicted octanol–water partition coefficient (Wildman–Crippen LogP) is 4.46. The van der Waals surface area contributed by atoms with Crippen molar-refractivity contribution in [2.24, 2.45) is 0 Å². The van der Waals surface area contributed by atoms with E-state index in [0.29, 0.717) is 55.3 Å². The van der Waals surface area contributed by atoms with Crippen LogP contribution in [-0.2, 0) is 22.5 Å². The summed E-state index contributed by atoms with van der Waals surface area (Å²) in [5, 5.41) is 27.8. The van der Waals surface area contributed by atoms with Crippen molar-refractivity contribution in [2.45, 2.75) is 32.7 Å². The number of aromatic amines is 1. The van der Waals surface area contributed by atoms with Gasteiger partial charge in [0, 0.05) is 55.8 Å². The molecule has 3 N–H and O–H groups in total. The number of halogens is 2. The van der Waals surface area contributed by atoms with Crippen molar-refractivity contribution in [1.82, 2.24) is 24.6 Å². The van der Waals surface area contributed by atoms with Crippen LogP contribution in [0, 0.1) is 5.82 Å². The standard InChI is InChI=1S/C32H35ClFN5O5/c1-20(2)25-16-26(29(41)17-28(25)40)31-35-36-32(43)39(31)24-7-6-22(27(34)15-24)18-37-9-11-38(12-10-37)19-30(42)44-13-8-21-4-3-5-23(33)14-21/h3-7,14-17,20,40-41H,8-13,18-19H2,1-2H3,(H,36,43). The number of carbonyl (C=O) groups is 1. The molecule has 1 aliphatic heterocycles. The Labute approximate surface area is 259 Å². The van der Waals surface area contributed by atoms with E-state index in [4.69, 9.17) is 16.3 Å². The number of benzene rings is 3. The fourth-order valence-electron chi connectivity index (χ4n) is 5.31. The van der Waals surface area contributed by atoms with Crippen LogP contribution in [0.3, 0.4) is 0 Å². The van der Waals surface area contributed by atoms with Gasteiger partial charge in [-0.05, 0) is 47.4 Å². The van der Waals surface area contributed by atoms with Crippen LogP contribution in [-0.4, -0.2) is 80.1 Å². The largest absolute Gasteiger partial charge is 0.508 e. The first-order chi connectivity index (χ1) is 21.1.